The average Bonchev–Trinajstić information content (AvgIpc) is 3.15. The lowest BCUT2D eigenvalue weighted by Crippen LogP contribution is -2.53. The Morgan fingerprint density at radius 2 is 1.88 bits per heavy atom. The molecule has 0 N–H and O–H groups in total. The molecule has 0 amide bonds. The quantitative estimate of drug-likeness (QED) is 0.396. The van der Waals surface area contributed by atoms with Crippen LogP contribution in [0.4, 0.5) is 0 Å². The van der Waals surface area contributed by atoms with E-state index in [4.69, 9.17) is 0 Å². The summed E-state index contributed by atoms with van der Waals surface area (Å²) in [5.74, 6) is 7.59. The normalized spacial score (nSPS) is 24.5. The van der Waals surface area contributed by atoms with Gasteiger partial charge in [0, 0.05) is 5.92 Å². The van der Waals surface area contributed by atoms with Crippen molar-refractivity contribution in [3.63, 3.8) is 0 Å². The minimum Gasteiger partial charge on any atom is -0.310 e. The first kappa shape index (κ1) is 12.7. The second-order valence-corrected chi connectivity index (χ2v) is 6.00. The lowest BCUT2D eigenvalue weighted by molar-refractivity contribution is -0.922. The molecule has 1 nitrogen and oxygen atoms in total. The zero-order chi connectivity index (χ0) is 12.1. The van der Waals surface area contributed by atoms with Crippen molar-refractivity contribution in [2.45, 2.75) is 51.0 Å². The van der Waals surface area contributed by atoms with E-state index in [2.05, 4.69) is 31.5 Å². The van der Waals surface area contributed by atoms with Crippen LogP contribution in [0.15, 0.2) is 12.7 Å². The minimum atomic E-state index is 0.735. The van der Waals surface area contributed by atoms with Gasteiger partial charge < -0.3 is 4.48 Å². The second kappa shape index (κ2) is 5.74. The summed E-state index contributed by atoms with van der Waals surface area (Å²) in [6.07, 6.45) is 11.8. The van der Waals surface area contributed by atoms with Crippen LogP contribution in [0.25, 0.3) is 0 Å². The van der Waals surface area contributed by atoms with E-state index >= 15 is 0 Å². The Hall–Kier alpha value is -0.740. The van der Waals surface area contributed by atoms with Gasteiger partial charge >= 0.3 is 0 Å². The molecule has 0 aromatic carbocycles. The lowest BCUT2D eigenvalue weighted by atomic mass is 9.92. The highest BCUT2D eigenvalue weighted by Gasteiger charge is 2.32. The van der Waals surface area contributed by atoms with Crippen LogP contribution in [-0.2, 0) is 0 Å². The van der Waals surface area contributed by atoms with Crippen LogP contribution < -0.4 is 0 Å². The Morgan fingerprint density at radius 1 is 1.18 bits per heavy atom. The predicted octanol–water partition coefficient (Wildman–Crippen LogP) is 3.37. The van der Waals surface area contributed by atoms with Crippen molar-refractivity contribution >= 4 is 0 Å². The number of hydrogen-bond donors (Lipinski definition) is 0. The molecule has 0 aromatic heterocycles. The van der Waals surface area contributed by atoms with Gasteiger partial charge in [-0.15, -0.1) is 0 Å². The third kappa shape index (κ3) is 3.61. The highest BCUT2D eigenvalue weighted by atomic mass is 15.3. The molecule has 2 rings (SSSR count). The van der Waals surface area contributed by atoms with E-state index in [0.29, 0.717) is 0 Å². The fourth-order valence-electron chi connectivity index (χ4n) is 2.94. The maximum Gasteiger partial charge on any atom is 0.141 e. The first-order chi connectivity index (χ1) is 8.24. The van der Waals surface area contributed by atoms with Gasteiger partial charge in [0.05, 0.1) is 19.6 Å². The van der Waals surface area contributed by atoms with Gasteiger partial charge in [0.15, 0.2) is 0 Å². The molecule has 2 aliphatic rings. The zero-order valence-electron chi connectivity index (χ0n) is 11.3. The van der Waals surface area contributed by atoms with Gasteiger partial charge in [-0.3, -0.25) is 0 Å². The van der Waals surface area contributed by atoms with E-state index in [9.17, 15) is 0 Å². The van der Waals surface area contributed by atoms with Crippen LogP contribution in [-0.4, -0.2) is 30.7 Å². The maximum absolute atomic E-state index is 3.93. The molecule has 1 unspecified atom stereocenters. The first-order valence-electron chi connectivity index (χ1n) is 7.18. The predicted molar refractivity (Wildman–Crippen MR) is 73.5 cm³/mol. The third-order valence-corrected chi connectivity index (χ3v) is 4.33. The third-order valence-electron chi connectivity index (χ3n) is 4.33. The summed E-state index contributed by atoms with van der Waals surface area (Å²) in [6.45, 7) is 6.03. The Kier molecular flexibility index (Phi) is 4.29. The average molecular weight is 232 g/mol. The number of hydrogen-bond acceptors (Lipinski definition) is 0. The Bertz CT molecular complexity index is 312. The Balaban J connectivity index is 1.96. The molecule has 1 heteroatoms. The van der Waals surface area contributed by atoms with Crippen LogP contribution in [0.1, 0.15) is 44.9 Å². The van der Waals surface area contributed by atoms with E-state index in [0.717, 1.165) is 29.5 Å². The van der Waals surface area contributed by atoms with Gasteiger partial charge in [-0.1, -0.05) is 18.9 Å². The summed E-state index contributed by atoms with van der Waals surface area (Å²) in [7, 11) is 2.37. The molecule has 0 saturated heterocycles. The molecule has 0 heterocycles. The van der Waals surface area contributed by atoms with Crippen molar-refractivity contribution in [2.75, 3.05) is 20.1 Å². The van der Waals surface area contributed by atoms with Crippen molar-refractivity contribution in [1.82, 2.24) is 0 Å². The van der Waals surface area contributed by atoms with Crippen molar-refractivity contribution in [3.05, 3.63) is 12.7 Å². The molecular formula is C16H26N+. The van der Waals surface area contributed by atoms with Crippen molar-refractivity contribution < 1.29 is 4.48 Å². The van der Waals surface area contributed by atoms with Crippen LogP contribution in [0.2, 0.25) is 0 Å². The van der Waals surface area contributed by atoms with Crippen LogP contribution in [0.3, 0.4) is 0 Å². The summed E-state index contributed by atoms with van der Waals surface area (Å²) in [5.41, 5.74) is 0. The van der Waals surface area contributed by atoms with Crippen LogP contribution >= 0.6 is 0 Å². The SMILES string of the molecule is C=CC[N+](C)(CC#CC1CC1)C1CCCCC1. The molecule has 17 heavy (non-hydrogen) atoms. The standard InChI is InChI=1S/C16H26N/c1-3-13-17(2,14-7-8-15-11-12-15)16-9-5-4-6-10-16/h3,15-16H,1,4-6,9-14H2,2H3/q+1. The molecule has 2 aliphatic carbocycles. The number of nitrogens with zero attached hydrogens (tertiary/aromatic N) is 1. The zero-order valence-corrected chi connectivity index (χ0v) is 11.3. The molecular weight excluding hydrogens is 206 g/mol. The molecule has 94 valence electrons. The molecule has 0 aliphatic heterocycles. The fourth-order valence-corrected chi connectivity index (χ4v) is 2.94. The molecule has 0 aromatic rings. The minimum absolute atomic E-state index is 0.735. The summed E-state index contributed by atoms with van der Waals surface area (Å²) >= 11 is 0. The number of rotatable bonds is 4. The van der Waals surface area contributed by atoms with Gasteiger partial charge in [0.2, 0.25) is 0 Å². The molecule has 1 atom stereocenters. The smallest absolute Gasteiger partial charge is 0.141 e. The summed E-state index contributed by atoms with van der Waals surface area (Å²) < 4.78 is 1.10. The van der Waals surface area contributed by atoms with E-state index in [1.54, 1.807) is 0 Å². The molecule has 0 radical (unpaired) electrons. The lowest BCUT2D eigenvalue weighted by Gasteiger charge is -2.41. The molecule has 0 spiro atoms. The topological polar surface area (TPSA) is 0 Å². The van der Waals surface area contributed by atoms with Crippen LogP contribution in [0.5, 0.6) is 0 Å². The second-order valence-electron chi connectivity index (χ2n) is 6.00. The number of likely N-dealkylation sites (N-methyl/N-ethyl adjacent to an activating group) is 1. The summed E-state index contributed by atoms with van der Waals surface area (Å²) in [5, 5.41) is 0. The van der Waals surface area contributed by atoms with E-state index in [1.165, 1.54) is 44.9 Å². The van der Waals surface area contributed by atoms with Crippen molar-refractivity contribution in [3.8, 4) is 11.8 Å². The Labute approximate surface area is 106 Å². The highest BCUT2D eigenvalue weighted by Crippen LogP contribution is 2.28. The summed E-state index contributed by atoms with van der Waals surface area (Å²) in [6, 6.07) is 0.815. The number of quaternary nitrogens is 1. The molecule has 2 saturated carbocycles. The van der Waals surface area contributed by atoms with Gasteiger partial charge in [-0.2, -0.15) is 0 Å². The van der Waals surface area contributed by atoms with E-state index in [1.807, 2.05) is 0 Å². The highest BCUT2D eigenvalue weighted by molar-refractivity contribution is 5.09. The Morgan fingerprint density at radius 3 is 2.47 bits per heavy atom. The molecule has 2 fully saturated rings. The van der Waals surface area contributed by atoms with E-state index in [-0.39, 0.29) is 0 Å². The maximum atomic E-state index is 3.93. The van der Waals surface area contributed by atoms with Gasteiger partial charge in [0.25, 0.3) is 0 Å². The first-order valence-corrected chi connectivity index (χ1v) is 7.18. The monoisotopic (exact) mass is 232 g/mol. The van der Waals surface area contributed by atoms with Gasteiger partial charge in [-0.25, -0.2) is 0 Å². The largest absolute Gasteiger partial charge is 0.310 e. The van der Waals surface area contributed by atoms with Gasteiger partial charge in [-0.05, 0) is 50.5 Å². The van der Waals surface area contributed by atoms with E-state index < -0.39 is 0 Å². The van der Waals surface area contributed by atoms with Crippen molar-refractivity contribution in [2.24, 2.45) is 5.92 Å². The van der Waals surface area contributed by atoms with Gasteiger partial charge in [0.1, 0.15) is 6.54 Å². The molecule has 0 bridgehead atoms. The van der Waals surface area contributed by atoms with Crippen LogP contribution in [0, 0.1) is 17.8 Å². The fraction of sp³-hybridized carbons (Fsp3) is 0.750. The summed E-state index contributed by atoms with van der Waals surface area (Å²) in [4.78, 5) is 0. The van der Waals surface area contributed by atoms with Crippen molar-refractivity contribution in [1.29, 1.82) is 0 Å².